The van der Waals surface area contributed by atoms with Crippen molar-refractivity contribution in [1.29, 1.82) is 0 Å². The van der Waals surface area contributed by atoms with E-state index in [1.54, 1.807) is 0 Å². The van der Waals surface area contributed by atoms with Crippen LogP contribution in [0.1, 0.15) is 33.1 Å². The van der Waals surface area contributed by atoms with Gasteiger partial charge < -0.3 is 14.9 Å². The SMILES string of the molecule is CC(C)CCC[C@@H](O)[C@H]1C(=O)OC[C@@H]1CO. The average molecular weight is 230 g/mol. The molecular weight excluding hydrogens is 208 g/mol. The molecule has 94 valence electrons. The van der Waals surface area contributed by atoms with E-state index in [4.69, 9.17) is 9.84 Å². The fourth-order valence-corrected chi connectivity index (χ4v) is 2.13. The third-order valence-electron chi connectivity index (χ3n) is 3.15. The lowest BCUT2D eigenvalue weighted by atomic mass is 9.87. The van der Waals surface area contributed by atoms with E-state index < -0.39 is 12.0 Å². The van der Waals surface area contributed by atoms with Gasteiger partial charge in [0.2, 0.25) is 0 Å². The molecule has 1 saturated heterocycles. The minimum atomic E-state index is -0.675. The van der Waals surface area contributed by atoms with E-state index in [9.17, 15) is 9.90 Å². The number of esters is 1. The number of ether oxygens (including phenoxy) is 1. The second-order valence-corrected chi connectivity index (χ2v) is 4.99. The molecule has 1 fully saturated rings. The van der Waals surface area contributed by atoms with Gasteiger partial charge in [0.05, 0.1) is 25.2 Å². The van der Waals surface area contributed by atoms with Crippen molar-refractivity contribution in [2.75, 3.05) is 13.2 Å². The van der Waals surface area contributed by atoms with Crippen LogP contribution in [0.2, 0.25) is 0 Å². The predicted molar refractivity (Wildman–Crippen MR) is 59.7 cm³/mol. The van der Waals surface area contributed by atoms with E-state index >= 15 is 0 Å². The van der Waals surface area contributed by atoms with Crippen LogP contribution < -0.4 is 0 Å². The molecule has 4 nitrogen and oxygen atoms in total. The van der Waals surface area contributed by atoms with Gasteiger partial charge in [0.15, 0.2) is 0 Å². The molecule has 16 heavy (non-hydrogen) atoms. The molecule has 1 aliphatic rings. The molecule has 0 aromatic rings. The lowest BCUT2D eigenvalue weighted by Gasteiger charge is -2.19. The third kappa shape index (κ3) is 3.46. The van der Waals surface area contributed by atoms with Crippen LogP contribution in [0.25, 0.3) is 0 Å². The molecule has 0 unspecified atom stereocenters. The zero-order chi connectivity index (χ0) is 12.1. The van der Waals surface area contributed by atoms with Crippen LogP contribution in [0.5, 0.6) is 0 Å². The van der Waals surface area contributed by atoms with Gasteiger partial charge in [-0.1, -0.05) is 26.7 Å². The number of carbonyl (C=O) groups excluding carboxylic acids is 1. The second kappa shape index (κ2) is 6.21. The summed E-state index contributed by atoms with van der Waals surface area (Å²) in [5, 5.41) is 19.0. The second-order valence-electron chi connectivity index (χ2n) is 4.99. The van der Waals surface area contributed by atoms with Crippen LogP contribution in [-0.4, -0.2) is 35.5 Å². The molecule has 1 heterocycles. The van der Waals surface area contributed by atoms with Crippen molar-refractivity contribution >= 4 is 5.97 Å². The lowest BCUT2D eigenvalue weighted by molar-refractivity contribution is -0.144. The third-order valence-corrected chi connectivity index (χ3v) is 3.15. The van der Waals surface area contributed by atoms with E-state index in [0.29, 0.717) is 12.3 Å². The van der Waals surface area contributed by atoms with Crippen LogP contribution in [0.3, 0.4) is 0 Å². The molecule has 2 N–H and O–H groups in total. The Morgan fingerprint density at radius 1 is 1.44 bits per heavy atom. The summed E-state index contributed by atoms with van der Waals surface area (Å²) in [7, 11) is 0. The first kappa shape index (κ1) is 13.5. The van der Waals surface area contributed by atoms with Gasteiger partial charge in [-0.3, -0.25) is 4.79 Å². The van der Waals surface area contributed by atoms with E-state index in [-0.39, 0.29) is 25.1 Å². The molecule has 0 aromatic heterocycles. The van der Waals surface area contributed by atoms with Gasteiger partial charge in [0.25, 0.3) is 0 Å². The van der Waals surface area contributed by atoms with Gasteiger partial charge in [-0.05, 0) is 12.3 Å². The van der Waals surface area contributed by atoms with Crippen molar-refractivity contribution in [2.24, 2.45) is 17.8 Å². The molecule has 3 atom stereocenters. The van der Waals surface area contributed by atoms with Crippen LogP contribution in [0, 0.1) is 17.8 Å². The molecule has 1 aliphatic heterocycles. The van der Waals surface area contributed by atoms with Crippen molar-refractivity contribution in [3.63, 3.8) is 0 Å². The summed E-state index contributed by atoms with van der Waals surface area (Å²) in [6.07, 6.45) is 1.88. The quantitative estimate of drug-likeness (QED) is 0.667. The van der Waals surface area contributed by atoms with Crippen LogP contribution in [0.15, 0.2) is 0 Å². The van der Waals surface area contributed by atoms with Crippen molar-refractivity contribution < 1.29 is 19.7 Å². The number of aliphatic hydroxyl groups is 2. The van der Waals surface area contributed by atoms with Gasteiger partial charge in [-0.15, -0.1) is 0 Å². The lowest BCUT2D eigenvalue weighted by Crippen LogP contribution is -2.31. The summed E-state index contributed by atoms with van der Waals surface area (Å²) in [4.78, 5) is 11.4. The standard InChI is InChI=1S/C12H22O4/c1-8(2)4-3-5-10(14)11-9(6-13)7-16-12(11)15/h8-11,13-14H,3-7H2,1-2H3/t9-,10+,11-/m0/s1. The molecule has 0 spiro atoms. The number of rotatable bonds is 6. The van der Waals surface area contributed by atoms with Gasteiger partial charge in [0.1, 0.15) is 0 Å². The largest absolute Gasteiger partial charge is 0.465 e. The van der Waals surface area contributed by atoms with Crippen molar-refractivity contribution in [3.8, 4) is 0 Å². The Morgan fingerprint density at radius 2 is 2.12 bits per heavy atom. The maximum Gasteiger partial charge on any atom is 0.312 e. The van der Waals surface area contributed by atoms with E-state index in [2.05, 4.69) is 13.8 Å². The normalized spacial score (nSPS) is 27.2. The highest BCUT2D eigenvalue weighted by atomic mass is 16.5. The fraction of sp³-hybridized carbons (Fsp3) is 0.917. The Bertz CT molecular complexity index is 227. The fourth-order valence-electron chi connectivity index (χ4n) is 2.13. The Hall–Kier alpha value is -0.610. The minimum absolute atomic E-state index is 0.0996. The van der Waals surface area contributed by atoms with Crippen molar-refractivity contribution in [1.82, 2.24) is 0 Å². The molecule has 0 aliphatic carbocycles. The van der Waals surface area contributed by atoms with Crippen molar-refractivity contribution in [3.05, 3.63) is 0 Å². The topological polar surface area (TPSA) is 66.8 Å². The minimum Gasteiger partial charge on any atom is -0.465 e. The first-order chi connectivity index (χ1) is 7.56. The number of hydrogen-bond donors (Lipinski definition) is 2. The maximum absolute atomic E-state index is 11.4. The van der Waals surface area contributed by atoms with E-state index in [1.165, 1.54) is 0 Å². The zero-order valence-electron chi connectivity index (χ0n) is 10.1. The number of cyclic esters (lactones) is 1. The summed E-state index contributed by atoms with van der Waals surface area (Å²) in [6, 6.07) is 0. The summed E-state index contributed by atoms with van der Waals surface area (Å²) >= 11 is 0. The van der Waals surface area contributed by atoms with E-state index in [1.807, 2.05) is 0 Å². The Balaban J connectivity index is 2.39. The Kier molecular flexibility index (Phi) is 5.22. The monoisotopic (exact) mass is 230 g/mol. The molecule has 0 aromatic carbocycles. The van der Waals surface area contributed by atoms with Crippen LogP contribution in [-0.2, 0) is 9.53 Å². The summed E-state index contributed by atoms with van der Waals surface area (Å²) in [5.74, 6) is -0.522. The highest BCUT2D eigenvalue weighted by molar-refractivity contribution is 5.75. The van der Waals surface area contributed by atoms with Gasteiger partial charge >= 0.3 is 5.97 Å². The number of carbonyl (C=O) groups is 1. The highest BCUT2D eigenvalue weighted by Gasteiger charge is 2.41. The summed E-state index contributed by atoms with van der Waals surface area (Å²) in [6.45, 7) is 4.40. The van der Waals surface area contributed by atoms with Crippen LogP contribution in [0.4, 0.5) is 0 Å². The maximum atomic E-state index is 11.4. The molecule has 0 radical (unpaired) electrons. The van der Waals surface area contributed by atoms with E-state index in [0.717, 1.165) is 12.8 Å². The van der Waals surface area contributed by atoms with Gasteiger partial charge in [-0.2, -0.15) is 0 Å². The smallest absolute Gasteiger partial charge is 0.312 e. The van der Waals surface area contributed by atoms with Gasteiger partial charge in [0, 0.05) is 5.92 Å². The number of hydrogen-bond acceptors (Lipinski definition) is 4. The molecule has 1 rings (SSSR count). The summed E-state index contributed by atoms with van der Waals surface area (Å²) < 4.78 is 4.86. The molecule has 0 bridgehead atoms. The zero-order valence-corrected chi connectivity index (χ0v) is 10.1. The summed E-state index contributed by atoms with van der Waals surface area (Å²) in [5.41, 5.74) is 0. The molecule has 0 saturated carbocycles. The molecule has 0 amide bonds. The molecule has 4 heteroatoms. The highest BCUT2D eigenvalue weighted by Crippen LogP contribution is 2.27. The van der Waals surface area contributed by atoms with Gasteiger partial charge in [-0.25, -0.2) is 0 Å². The number of aliphatic hydroxyl groups excluding tert-OH is 2. The first-order valence-corrected chi connectivity index (χ1v) is 6.01. The molecular formula is C12H22O4. The average Bonchev–Trinajstić information content (AvgIpc) is 2.58. The predicted octanol–water partition coefficient (Wildman–Crippen LogP) is 0.955. The first-order valence-electron chi connectivity index (χ1n) is 6.01. The Labute approximate surface area is 96.6 Å². The van der Waals surface area contributed by atoms with Crippen LogP contribution >= 0.6 is 0 Å². The Morgan fingerprint density at radius 3 is 2.69 bits per heavy atom. The van der Waals surface area contributed by atoms with Crippen molar-refractivity contribution in [2.45, 2.75) is 39.2 Å².